The lowest BCUT2D eigenvalue weighted by Gasteiger charge is -2.06. The lowest BCUT2D eigenvalue weighted by atomic mass is 10.2. The van der Waals surface area contributed by atoms with Crippen LogP contribution in [-0.2, 0) is 6.18 Å². The number of halogens is 3. The van der Waals surface area contributed by atoms with Crippen molar-refractivity contribution in [3.05, 3.63) is 23.5 Å². The monoisotopic (exact) mass is 203 g/mol. The first-order valence-electron chi connectivity index (χ1n) is 3.72. The number of nitrogens with zero attached hydrogens (tertiary/aromatic N) is 1. The number of pyridine rings is 1. The Balaban J connectivity index is 2.47. The lowest BCUT2D eigenvalue weighted by molar-refractivity contribution is -0.137. The third-order valence-corrected chi connectivity index (χ3v) is 1.80. The summed E-state index contributed by atoms with van der Waals surface area (Å²) < 4.78 is 41.3. The van der Waals surface area contributed by atoms with Gasteiger partial charge in [0.1, 0.15) is 5.75 Å². The zero-order chi connectivity index (χ0) is 10.3. The van der Waals surface area contributed by atoms with Gasteiger partial charge in [-0.2, -0.15) is 13.2 Å². The lowest BCUT2D eigenvalue weighted by Crippen LogP contribution is -2.06. The molecule has 1 aromatic rings. The molecular formula is C8H4F3NO2. The normalized spacial score (nSPS) is 15.2. The maximum absolute atomic E-state index is 12.2. The van der Waals surface area contributed by atoms with Crippen LogP contribution in [0.4, 0.5) is 13.2 Å². The second kappa shape index (κ2) is 2.70. The average Bonchev–Trinajstić information content (AvgIpc) is 2.46. The maximum atomic E-state index is 12.2. The Morgan fingerprint density at radius 3 is 2.79 bits per heavy atom. The Kier molecular flexibility index (Phi) is 1.73. The van der Waals surface area contributed by atoms with E-state index in [2.05, 4.69) is 4.98 Å². The van der Waals surface area contributed by atoms with Crippen molar-refractivity contribution in [2.24, 2.45) is 0 Å². The van der Waals surface area contributed by atoms with Crippen LogP contribution >= 0.6 is 0 Å². The van der Waals surface area contributed by atoms with Gasteiger partial charge in [0, 0.05) is 6.20 Å². The van der Waals surface area contributed by atoms with Gasteiger partial charge in [-0.25, -0.2) is 4.98 Å². The van der Waals surface area contributed by atoms with E-state index in [0.717, 1.165) is 6.07 Å². The second-order valence-corrected chi connectivity index (χ2v) is 2.78. The number of aromatic nitrogens is 1. The predicted octanol–water partition coefficient (Wildman–Crippen LogP) is 1.68. The summed E-state index contributed by atoms with van der Waals surface area (Å²) in [6, 6.07) is 0.785. The van der Waals surface area contributed by atoms with Crippen LogP contribution in [0.15, 0.2) is 12.3 Å². The van der Waals surface area contributed by atoms with Crippen LogP contribution in [0.2, 0.25) is 0 Å². The SMILES string of the molecule is O=C1COc2cc(C(F)(F)F)cnc21. The molecule has 0 spiro atoms. The minimum absolute atomic E-state index is 0.0296. The van der Waals surface area contributed by atoms with Crippen molar-refractivity contribution in [2.45, 2.75) is 6.18 Å². The van der Waals surface area contributed by atoms with Gasteiger partial charge in [0.05, 0.1) is 5.56 Å². The first kappa shape index (κ1) is 8.98. The summed E-state index contributed by atoms with van der Waals surface area (Å²) in [4.78, 5) is 14.4. The molecule has 74 valence electrons. The van der Waals surface area contributed by atoms with E-state index in [4.69, 9.17) is 4.74 Å². The number of hydrogen-bond donors (Lipinski definition) is 0. The van der Waals surface area contributed by atoms with E-state index in [9.17, 15) is 18.0 Å². The van der Waals surface area contributed by atoms with E-state index < -0.39 is 17.5 Å². The van der Waals surface area contributed by atoms with Gasteiger partial charge >= 0.3 is 6.18 Å². The van der Waals surface area contributed by atoms with Gasteiger partial charge in [0.2, 0.25) is 5.78 Å². The van der Waals surface area contributed by atoms with Crippen LogP contribution in [0.5, 0.6) is 5.75 Å². The number of alkyl halides is 3. The summed E-state index contributed by atoms with van der Waals surface area (Å²) in [5, 5.41) is 0. The third-order valence-electron chi connectivity index (χ3n) is 1.80. The van der Waals surface area contributed by atoms with Gasteiger partial charge in [-0.15, -0.1) is 0 Å². The molecule has 1 aromatic heterocycles. The third kappa shape index (κ3) is 1.32. The van der Waals surface area contributed by atoms with E-state index >= 15 is 0 Å². The molecule has 14 heavy (non-hydrogen) atoms. The molecule has 0 aliphatic carbocycles. The summed E-state index contributed by atoms with van der Waals surface area (Å²) in [7, 11) is 0. The maximum Gasteiger partial charge on any atom is 0.418 e. The van der Waals surface area contributed by atoms with Crippen molar-refractivity contribution < 1.29 is 22.7 Å². The van der Waals surface area contributed by atoms with E-state index in [0.29, 0.717) is 6.20 Å². The minimum Gasteiger partial charge on any atom is -0.483 e. The quantitative estimate of drug-likeness (QED) is 0.643. The zero-order valence-corrected chi connectivity index (χ0v) is 6.76. The van der Waals surface area contributed by atoms with Gasteiger partial charge in [-0.1, -0.05) is 0 Å². The molecule has 1 aliphatic rings. The molecule has 0 atom stereocenters. The Hall–Kier alpha value is -1.59. The Morgan fingerprint density at radius 2 is 2.14 bits per heavy atom. The number of carbonyl (C=O) groups is 1. The Bertz CT molecular complexity index is 400. The molecule has 0 saturated carbocycles. The number of ether oxygens (including phenoxy) is 1. The molecule has 0 amide bonds. The Morgan fingerprint density at radius 1 is 1.43 bits per heavy atom. The Labute approximate surface area is 76.5 Å². The van der Waals surface area contributed by atoms with Crippen LogP contribution in [-0.4, -0.2) is 17.4 Å². The number of ketones is 1. The summed E-state index contributed by atoms with van der Waals surface area (Å²) in [5.74, 6) is -0.487. The van der Waals surface area contributed by atoms with E-state index in [1.165, 1.54) is 0 Å². The van der Waals surface area contributed by atoms with Crippen LogP contribution in [0.25, 0.3) is 0 Å². The molecule has 0 fully saturated rings. The molecule has 0 unspecified atom stereocenters. The first-order chi connectivity index (χ1) is 6.48. The molecule has 0 N–H and O–H groups in total. The number of carbonyl (C=O) groups excluding carboxylic acids is 1. The van der Waals surface area contributed by atoms with Gasteiger partial charge in [-0.05, 0) is 6.07 Å². The molecule has 0 bridgehead atoms. The highest BCUT2D eigenvalue weighted by atomic mass is 19.4. The van der Waals surface area contributed by atoms with Crippen molar-refractivity contribution in [3.63, 3.8) is 0 Å². The molecule has 6 heteroatoms. The molecule has 1 aliphatic heterocycles. The summed E-state index contributed by atoms with van der Waals surface area (Å²) in [6.07, 6.45) is -3.83. The first-order valence-corrected chi connectivity index (χ1v) is 3.72. The van der Waals surface area contributed by atoms with Crippen LogP contribution < -0.4 is 4.74 Å². The molecule has 0 aromatic carbocycles. The largest absolute Gasteiger partial charge is 0.483 e. The van der Waals surface area contributed by atoms with Crippen molar-refractivity contribution in [2.75, 3.05) is 6.61 Å². The molecule has 3 nitrogen and oxygen atoms in total. The van der Waals surface area contributed by atoms with Gasteiger partial charge in [0.15, 0.2) is 12.3 Å². The van der Waals surface area contributed by atoms with Crippen molar-refractivity contribution >= 4 is 5.78 Å². The summed E-state index contributed by atoms with van der Waals surface area (Å²) in [5.41, 5.74) is -0.941. The van der Waals surface area contributed by atoms with E-state index in [1.807, 2.05) is 0 Å². The van der Waals surface area contributed by atoms with E-state index in [-0.39, 0.29) is 18.1 Å². The second-order valence-electron chi connectivity index (χ2n) is 2.78. The van der Waals surface area contributed by atoms with Crippen LogP contribution in [0, 0.1) is 0 Å². The number of hydrogen-bond acceptors (Lipinski definition) is 3. The molecule has 2 heterocycles. The highest BCUT2D eigenvalue weighted by Gasteiger charge is 2.34. The topological polar surface area (TPSA) is 39.2 Å². The summed E-state index contributed by atoms with van der Waals surface area (Å²) >= 11 is 0. The molecule has 0 radical (unpaired) electrons. The fourth-order valence-corrected chi connectivity index (χ4v) is 1.13. The number of rotatable bonds is 0. The predicted molar refractivity (Wildman–Crippen MR) is 39.1 cm³/mol. The fourth-order valence-electron chi connectivity index (χ4n) is 1.13. The molecule has 0 saturated heterocycles. The average molecular weight is 203 g/mol. The fraction of sp³-hybridized carbons (Fsp3) is 0.250. The minimum atomic E-state index is -4.46. The summed E-state index contributed by atoms with van der Waals surface area (Å²) in [6.45, 7) is -0.232. The standard InChI is InChI=1S/C8H4F3NO2/c9-8(10,11)4-1-6-7(12-2-4)5(13)3-14-6/h1-2H,3H2. The van der Waals surface area contributed by atoms with E-state index in [1.54, 1.807) is 0 Å². The van der Waals surface area contributed by atoms with Crippen LogP contribution in [0.3, 0.4) is 0 Å². The van der Waals surface area contributed by atoms with Crippen molar-refractivity contribution in [3.8, 4) is 5.75 Å². The zero-order valence-electron chi connectivity index (χ0n) is 6.76. The highest BCUT2D eigenvalue weighted by Crippen LogP contribution is 2.33. The van der Waals surface area contributed by atoms with Crippen LogP contribution in [0.1, 0.15) is 16.1 Å². The smallest absolute Gasteiger partial charge is 0.418 e. The van der Waals surface area contributed by atoms with Gasteiger partial charge in [0.25, 0.3) is 0 Å². The van der Waals surface area contributed by atoms with Crippen molar-refractivity contribution in [1.82, 2.24) is 4.98 Å². The molecular weight excluding hydrogens is 199 g/mol. The van der Waals surface area contributed by atoms with Gasteiger partial charge < -0.3 is 4.74 Å². The molecule has 2 rings (SSSR count). The highest BCUT2D eigenvalue weighted by molar-refractivity contribution is 6.00. The number of Topliss-reactive ketones (excluding diaryl/α,β-unsaturated/α-hetero) is 1. The van der Waals surface area contributed by atoms with Crippen molar-refractivity contribution in [1.29, 1.82) is 0 Å². The number of fused-ring (bicyclic) bond motifs is 1. The van der Waals surface area contributed by atoms with Gasteiger partial charge in [-0.3, -0.25) is 4.79 Å².